The van der Waals surface area contributed by atoms with E-state index in [1.54, 1.807) is 22.0 Å². The van der Waals surface area contributed by atoms with Crippen LogP contribution in [0.3, 0.4) is 0 Å². The van der Waals surface area contributed by atoms with E-state index in [0.717, 1.165) is 0 Å². The van der Waals surface area contributed by atoms with Crippen LogP contribution in [0.5, 0.6) is 0 Å². The molecule has 8 nitrogen and oxygen atoms in total. The molecule has 0 atom stereocenters. The highest BCUT2D eigenvalue weighted by Gasteiger charge is 2.25. The van der Waals surface area contributed by atoms with Crippen molar-refractivity contribution in [2.24, 2.45) is 5.41 Å². The van der Waals surface area contributed by atoms with Crippen LogP contribution in [0.4, 0.5) is 0 Å². The second-order valence-electron chi connectivity index (χ2n) is 6.50. The van der Waals surface area contributed by atoms with E-state index in [1.807, 2.05) is 6.92 Å². The van der Waals surface area contributed by atoms with Crippen molar-refractivity contribution in [1.82, 2.24) is 9.80 Å². The molecule has 8 heteroatoms. The van der Waals surface area contributed by atoms with Gasteiger partial charge in [0.2, 0.25) is 11.8 Å². The Bertz CT molecular complexity index is 470. The lowest BCUT2D eigenvalue weighted by Crippen LogP contribution is -2.49. The fourth-order valence-corrected chi connectivity index (χ4v) is 2.13. The van der Waals surface area contributed by atoms with E-state index in [9.17, 15) is 9.59 Å². The molecule has 0 aliphatic carbocycles. The van der Waals surface area contributed by atoms with Crippen molar-refractivity contribution < 1.29 is 29.6 Å². The van der Waals surface area contributed by atoms with Gasteiger partial charge >= 0.3 is 0 Å². The molecule has 0 saturated carbocycles. The van der Waals surface area contributed by atoms with Crippen LogP contribution >= 0.6 is 0 Å². The predicted octanol–water partition coefficient (Wildman–Crippen LogP) is 0.764. The second-order valence-corrected chi connectivity index (χ2v) is 6.50. The Morgan fingerprint density at radius 3 is 1.33 bits per heavy atom. The van der Waals surface area contributed by atoms with E-state index in [0.29, 0.717) is 45.8 Å². The van der Waals surface area contributed by atoms with Gasteiger partial charge < -0.3 is 29.9 Å². The standard InChI is InChI=1S/C10H14N2O2.C6H14O3.C6H10O/c1-3-9(13)11-5-7-12(8-6-11)10(14)4-2;1-2-6(3-7,4-8)5-9;1-3-5-7-6-4-2/h3-4H,1-2,5-8H2;7-9H,2-5H2,1H3;3-4H,1-2,5-6H2. The molecule has 0 aromatic rings. The first-order valence-electron chi connectivity index (χ1n) is 9.79. The number of carbonyl (C=O) groups is 2. The van der Waals surface area contributed by atoms with Crippen molar-refractivity contribution in [3.8, 4) is 0 Å². The molecule has 2 amide bonds. The summed E-state index contributed by atoms with van der Waals surface area (Å²) in [4.78, 5) is 25.8. The van der Waals surface area contributed by atoms with Gasteiger partial charge in [0.05, 0.1) is 33.0 Å². The molecule has 1 saturated heterocycles. The van der Waals surface area contributed by atoms with E-state index in [2.05, 4.69) is 26.3 Å². The van der Waals surface area contributed by atoms with Crippen LogP contribution in [-0.4, -0.2) is 96.1 Å². The van der Waals surface area contributed by atoms with Crippen molar-refractivity contribution in [2.75, 3.05) is 59.2 Å². The summed E-state index contributed by atoms with van der Waals surface area (Å²) >= 11 is 0. The van der Waals surface area contributed by atoms with Gasteiger partial charge in [0.15, 0.2) is 0 Å². The molecule has 0 aromatic heterocycles. The molecule has 1 aliphatic heterocycles. The van der Waals surface area contributed by atoms with Gasteiger partial charge in [0, 0.05) is 31.6 Å². The molecule has 1 fully saturated rings. The quantitative estimate of drug-likeness (QED) is 0.270. The number of hydrogen-bond acceptors (Lipinski definition) is 6. The van der Waals surface area contributed by atoms with Crippen LogP contribution in [0.15, 0.2) is 50.6 Å². The summed E-state index contributed by atoms with van der Waals surface area (Å²) in [5.41, 5.74) is -0.667. The number of aliphatic hydroxyl groups is 3. The van der Waals surface area contributed by atoms with Gasteiger partial charge in [-0.25, -0.2) is 0 Å². The molecular weight excluding hydrogens is 388 g/mol. The fourth-order valence-electron chi connectivity index (χ4n) is 2.13. The van der Waals surface area contributed by atoms with Gasteiger partial charge in [-0.2, -0.15) is 0 Å². The van der Waals surface area contributed by atoms with Gasteiger partial charge in [-0.05, 0) is 18.6 Å². The third kappa shape index (κ3) is 12.3. The maximum absolute atomic E-state index is 11.2. The first-order chi connectivity index (χ1) is 14.3. The van der Waals surface area contributed by atoms with Crippen molar-refractivity contribution in [2.45, 2.75) is 13.3 Å². The average Bonchev–Trinajstić information content (AvgIpc) is 2.81. The monoisotopic (exact) mass is 426 g/mol. The molecule has 0 radical (unpaired) electrons. The average molecular weight is 427 g/mol. The molecule has 1 heterocycles. The maximum Gasteiger partial charge on any atom is 0.246 e. The van der Waals surface area contributed by atoms with E-state index < -0.39 is 5.41 Å². The van der Waals surface area contributed by atoms with E-state index in [4.69, 9.17) is 20.1 Å². The number of hydrogen-bond donors (Lipinski definition) is 3. The Morgan fingerprint density at radius 2 is 1.17 bits per heavy atom. The minimum Gasteiger partial charge on any atom is -0.396 e. The van der Waals surface area contributed by atoms with Crippen LogP contribution in [0, 0.1) is 5.41 Å². The van der Waals surface area contributed by atoms with E-state index in [1.165, 1.54) is 12.2 Å². The molecule has 1 aliphatic rings. The molecule has 0 bridgehead atoms. The highest BCUT2D eigenvalue weighted by Crippen LogP contribution is 2.18. The number of carbonyl (C=O) groups excluding carboxylic acids is 2. The summed E-state index contributed by atoms with van der Waals surface area (Å²) in [5.74, 6) is -0.147. The SMILES string of the molecule is C=CC(=O)N1CCN(C(=O)C=C)CC1.C=CCOCC=C.CCC(CO)(CO)CO. The van der Waals surface area contributed by atoms with Crippen molar-refractivity contribution in [1.29, 1.82) is 0 Å². The van der Waals surface area contributed by atoms with Crippen molar-refractivity contribution in [3.63, 3.8) is 0 Å². The smallest absolute Gasteiger partial charge is 0.246 e. The van der Waals surface area contributed by atoms with Gasteiger partial charge in [-0.3, -0.25) is 9.59 Å². The summed E-state index contributed by atoms with van der Waals surface area (Å²) < 4.78 is 4.90. The third-order valence-electron chi connectivity index (χ3n) is 4.48. The minimum atomic E-state index is -0.667. The largest absolute Gasteiger partial charge is 0.396 e. The zero-order chi connectivity index (χ0) is 23.4. The molecular formula is C22H38N2O6. The molecule has 172 valence electrons. The highest BCUT2D eigenvalue weighted by atomic mass is 16.5. The van der Waals surface area contributed by atoms with E-state index >= 15 is 0 Å². The number of aliphatic hydroxyl groups excluding tert-OH is 3. The molecule has 0 aromatic carbocycles. The lowest BCUT2D eigenvalue weighted by Gasteiger charge is -2.33. The van der Waals surface area contributed by atoms with Crippen LogP contribution in [0.25, 0.3) is 0 Å². The van der Waals surface area contributed by atoms with Crippen LogP contribution in [-0.2, 0) is 14.3 Å². The summed E-state index contributed by atoms with van der Waals surface area (Å²) in [5, 5.41) is 26.0. The van der Waals surface area contributed by atoms with Gasteiger partial charge in [0.25, 0.3) is 0 Å². The number of ether oxygens (including phenoxy) is 1. The van der Waals surface area contributed by atoms with Crippen LogP contribution < -0.4 is 0 Å². The summed E-state index contributed by atoms with van der Waals surface area (Å²) in [6.07, 6.45) is 6.61. The highest BCUT2D eigenvalue weighted by molar-refractivity contribution is 5.88. The zero-order valence-corrected chi connectivity index (χ0v) is 18.2. The first-order valence-corrected chi connectivity index (χ1v) is 9.79. The Hall–Kier alpha value is -2.26. The summed E-state index contributed by atoms with van der Waals surface area (Å²) in [7, 11) is 0. The van der Waals surface area contributed by atoms with Crippen molar-refractivity contribution >= 4 is 11.8 Å². The normalized spacial score (nSPS) is 13.1. The Kier molecular flexibility index (Phi) is 18.7. The number of rotatable bonds is 10. The Balaban J connectivity index is 0. The number of piperazine rings is 1. The molecule has 3 N–H and O–H groups in total. The third-order valence-corrected chi connectivity index (χ3v) is 4.48. The van der Waals surface area contributed by atoms with Gasteiger partial charge in [0.1, 0.15) is 0 Å². The maximum atomic E-state index is 11.2. The van der Waals surface area contributed by atoms with Gasteiger partial charge in [-0.15, -0.1) is 13.2 Å². The topological polar surface area (TPSA) is 111 Å². The van der Waals surface area contributed by atoms with Crippen LogP contribution in [0.2, 0.25) is 0 Å². The summed E-state index contributed by atoms with van der Waals surface area (Å²) in [6.45, 7) is 18.7. The lowest BCUT2D eigenvalue weighted by molar-refractivity contribution is -0.134. The number of nitrogens with zero attached hydrogens (tertiary/aromatic N) is 2. The lowest BCUT2D eigenvalue weighted by atomic mass is 9.88. The second kappa shape index (κ2) is 18.7. The minimum absolute atomic E-state index is 0.0734. The van der Waals surface area contributed by atoms with Crippen molar-refractivity contribution in [3.05, 3.63) is 50.6 Å². The summed E-state index contributed by atoms with van der Waals surface area (Å²) in [6, 6.07) is 0. The fraction of sp³-hybridized carbons (Fsp3) is 0.545. The first kappa shape index (κ1) is 29.9. The molecule has 1 rings (SSSR count). The number of amides is 2. The molecule has 30 heavy (non-hydrogen) atoms. The Morgan fingerprint density at radius 1 is 0.833 bits per heavy atom. The predicted molar refractivity (Wildman–Crippen MR) is 119 cm³/mol. The van der Waals surface area contributed by atoms with Crippen LogP contribution in [0.1, 0.15) is 13.3 Å². The molecule has 0 unspecified atom stereocenters. The zero-order valence-electron chi connectivity index (χ0n) is 18.2. The van der Waals surface area contributed by atoms with E-state index in [-0.39, 0.29) is 31.6 Å². The van der Waals surface area contributed by atoms with Gasteiger partial charge in [-0.1, -0.05) is 32.2 Å². The Labute approximate surface area is 180 Å². The molecule has 0 spiro atoms.